The topological polar surface area (TPSA) is 47.1 Å². The summed E-state index contributed by atoms with van der Waals surface area (Å²) in [5, 5.41) is 4.55. The summed E-state index contributed by atoms with van der Waals surface area (Å²) in [4.78, 5) is 2.49. The van der Waals surface area contributed by atoms with Crippen molar-refractivity contribution in [2.45, 2.75) is 46.6 Å². The van der Waals surface area contributed by atoms with E-state index in [4.69, 9.17) is 5.73 Å². The van der Waals surface area contributed by atoms with Gasteiger partial charge in [-0.05, 0) is 18.9 Å². The minimum Gasteiger partial charge on any atom is -0.329 e. The first-order valence-corrected chi connectivity index (χ1v) is 7.53. The maximum absolute atomic E-state index is 6.05. The molecule has 1 aromatic rings. The van der Waals surface area contributed by atoms with Crippen molar-refractivity contribution in [1.82, 2.24) is 14.7 Å². The van der Waals surface area contributed by atoms with E-state index < -0.39 is 0 Å². The van der Waals surface area contributed by atoms with Gasteiger partial charge in [-0.3, -0.25) is 9.58 Å². The van der Waals surface area contributed by atoms with Crippen LogP contribution >= 0.6 is 0 Å². The van der Waals surface area contributed by atoms with Crippen LogP contribution in [0.1, 0.15) is 51.4 Å². The van der Waals surface area contributed by atoms with Gasteiger partial charge in [-0.2, -0.15) is 5.10 Å². The Morgan fingerprint density at radius 1 is 1.37 bits per heavy atom. The van der Waals surface area contributed by atoms with Gasteiger partial charge in [0.05, 0.1) is 11.7 Å². The van der Waals surface area contributed by atoms with Gasteiger partial charge in [0.25, 0.3) is 0 Å². The van der Waals surface area contributed by atoms with E-state index in [1.807, 2.05) is 11.7 Å². The Kier molecular flexibility index (Phi) is 6.52. The second-order valence-electron chi connectivity index (χ2n) is 5.41. The van der Waals surface area contributed by atoms with Gasteiger partial charge in [-0.25, -0.2) is 0 Å². The molecular formula is C15H30N4. The molecule has 4 nitrogen and oxygen atoms in total. The fourth-order valence-corrected chi connectivity index (χ4v) is 2.58. The molecule has 0 aliphatic heterocycles. The third kappa shape index (κ3) is 4.05. The van der Waals surface area contributed by atoms with Crippen LogP contribution in [0.4, 0.5) is 0 Å². The highest BCUT2D eigenvalue weighted by atomic mass is 15.3. The molecule has 0 fully saturated rings. The highest BCUT2D eigenvalue weighted by Crippen LogP contribution is 2.24. The van der Waals surface area contributed by atoms with Crippen molar-refractivity contribution >= 4 is 0 Å². The summed E-state index contributed by atoms with van der Waals surface area (Å²) in [6.45, 7) is 11.7. The van der Waals surface area contributed by atoms with Crippen LogP contribution in [0.2, 0.25) is 0 Å². The van der Waals surface area contributed by atoms with Crippen molar-refractivity contribution in [3.8, 4) is 0 Å². The molecule has 1 aromatic heterocycles. The summed E-state index contributed by atoms with van der Waals surface area (Å²) in [5.41, 5.74) is 8.54. The molecule has 0 bridgehead atoms. The molecular weight excluding hydrogens is 236 g/mol. The van der Waals surface area contributed by atoms with Gasteiger partial charge in [-0.15, -0.1) is 0 Å². The van der Waals surface area contributed by atoms with E-state index in [1.165, 1.54) is 17.7 Å². The summed E-state index contributed by atoms with van der Waals surface area (Å²) >= 11 is 0. The lowest BCUT2D eigenvalue weighted by molar-refractivity contribution is 0.181. The Hall–Kier alpha value is -0.870. The first-order valence-electron chi connectivity index (χ1n) is 7.53. The number of aromatic nitrogens is 2. The number of likely N-dealkylation sites (N-methyl/N-ethyl adjacent to an activating group) is 1. The molecule has 1 heterocycles. The lowest BCUT2D eigenvalue weighted by Gasteiger charge is -2.32. The van der Waals surface area contributed by atoms with Crippen molar-refractivity contribution in [2.75, 3.05) is 19.6 Å². The van der Waals surface area contributed by atoms with E-state index in [0.717, 1.165) is 19.5 Å². The van der Waals surface area contributed by atoms with Crippen molar-refractivity contribution in [2.24, 2.45) is 18.7 Å². The van der Waals surface area contributed by atoms with Crippen LogP contribution in [0.15, 0.2) is 6.20 Å². The molecule has 2 N–H and O–H groups in total. The highest BCUT2D eigenvalue weighted by molar-refractivity contribution is 5.22. The van der Waals surface area contributed by atoms with E-state index in [2.05, 4.69) is 43.9 Å². The van der Waals surface area contributed by atoms with Gasteiger partial charge in [0.2, 0.25) is 0 Å². The molecule has 2 unspecified atom stereocenters. The number of hydrogen-bond acceptors (Lipinski definition) is 3. The van der Waals surface area contributed by atoms with Crippen molar-refractivity contribution in [1.29, 1.82) is 0 Å². The molecule has 110 valence electrons. The molecule has 0 saturated heterocycles. The largest absolute Gasteiger partial charge is 0.329 e. The van der Waals surface area contributed by atoms with Crippen LogP contribution in [0.3, 0.4) is 0 Å². The molecule has 1 rings (SSSR count). The van der Waals surface area contributed by atoms with Gasteiger partial charge in [0, 0.05) is 31.9 Å². The van der Waals surface area contributed by atoms with E-state index in [0.29, 0.717) is 18.5 Å². The summed E-state index contributed by atoms with van der Waals surface area (Å²) < 4.78 is 1.91. The minimum atomic E-state index is 0.294. The van der Waals surface area contributed by atoms with Gasteiger partial charge in [-0.1, -0.05) is 34.1 Å². The summed E-state index contributed by atoms with van der Waals surface area (Å²) in [6, 6.07) is 0.294. The van der Waals surface area contributed by atoms with E-state index in [1.54, 1.807) is 0 Å². The summed E-state index contributed by atoms with van der Waals surface area (Å²) in [7, 11) is 1.99. The average Bonchev–Trinajstić information content (AvgIpc) is 2.79. The first-order chi connectivity index (χ1) is 9.07. The normalized spacial score (nSPS) is 14.9. The fourth-order valence-electron chi connectivity index (χ4n) is 2.58. The number of rotatable bonds is 8. The maximum Gasteiger partial charge on any atom is 0.0670 e. The second-order valence-corrected chi connectivity index (χ2v) is 5.41. The van der Waals surface area contributed by atoms with Gasteiger partial charge in [0.15, 0.2) is 0 Å². The number of nitrogens with zero attached hydrogens (tertiary/aromatic N) is 3. The Labute approximate surface area is 118 Å². The molecule has 0 spiro atoms. The third-order valence-electron chi connectivity index (χ3n) is 3.94. The van der Waals surface area contributed by atoms with Crippen LogP contribution in [-0.4, -0.2) is 34.3 Å². The molecule has 0 aliphatic rings. The highest BCUT2D eigenvalue weighted by Gasteiger charge is 2.23. The first kappa shape index (κ1) is 16.2. The Morgan fingerprint density at radius 3 is 2.53 bits per heavy atom. The summed E-state index contributed by atoms with van der Waals surface area (Å²) in [6.07, 6.45) is 4.31. The zero-order chi connectivity index (χ0) is 14.4. The zero-order valence-corrected chi connectivity index (χ0v) is 13.2. The van der Waals surface area contributed by atoms with Crippen LogP contribution < -0.4 is 5.73 Å². The van der Waals surface area contributed by atoms with Crippen LogP contribution in [0.5, 0.6) is 0 Å². The molecule has 0 amide bonds. The number of nitrogens with two attached hydrogens (primary N) is 1. The van der Waals surface area contributed by atoms with Crippen LogP contribution in [0, 0.1) is 5.92 Å². The van der Waals surface area contributed by atoms with E-state index in [-0.39, 0.29) is 0 Å². The van der Waals surface area contributed by atoms with Gasteiger partial charge >= 0.3 is 0 Å². The van der Waals surface area contributed by atoms with Gasteiger partial charge < -0.3 is 5.73 Å². The minimum absolute atomic E-state index is 0.294. The van der Waals surface area contributed by atoms with E-state index in [9.17, 15) is 0 Å². The van der Waals surface area contributed by atoms with E-state index >= 15 is 0 Å². The lowest BCUT2D eigenvalue weighted by atomic mass is 10.0. The van der Waals surface area contributed by atoms with Crippen molar-refractivity contribution in [3.05, 3.63) is 17.5 Å². The SMILES string of the molecule is CCc1nn(C)cc1C(CN)N(CC)CC(C)CC. The second kappa shape index (κ2) is 7.65. The standard InChI is InChI=1S/C15H30N4/c1-6-12(4)10-19(8-3)15(9-16)13-11-18(5)17-14(13)7-2/h11-12,15H,6-10,16H2,1-5H3. The molecule has 4 heteroatoms. The van der Waals surface area contributed by atoms with Gasteiger partial charge in [0.1, 0.15) is 0 Å². The summed E-state index contributed by atoms with van der Waals surface area (Å²) in [5.74, 6) is 0.704. The number of aryl methyl sites for hydroxylation is 2. The lowest BCUT2D eigenvalue weighted by Crippen LogP contribution is -2.36. The molecule has 19 heavy (non-hydrogen) atoms. The van der Waals surface area contributed by atoms with Crippen molar-refractivity contribution in [3.63, 3.8) is 0 Å². The Morgan fingerprint density at radius 2 is 2.05 bits per heavy atom. The molecule has 0 aromatic carbocycles. The van der Waals surface area contributed by atoms with Crippen LogP contribution in [-0.2, 0) is 13.5 Å². The molecule has 0 saturated carbocycles. The number of hydrogen-bond donors (Lipinski definition) is 1. The molecule has 0 radical (unpaired) electrons. The molecule has 2 atom stereocenters. The third-order valence-corrected chi connectivity index (χ3v) is 3.94. The maximum atomic E-state index is 6.05. The quantitative estimate of drug-likeness (QED) is 0.785. The van der Waals surface area contributed by atoms with Crippen molar-refractivity contribution < 1.29 is 0 Å². The Balaban J connectivity index is 2.95. The average molecular weight is 266 g/mol. The molecule has 0 aliphatic carbocycles. The predicted molar refractivity (Wildman–Crippen MR) is 81.1 cm³/mol. The zero-order valence-electron chi connectivity index (χ0n) is 13.2. The monoisotopic (exact) mass is 266 g/mol. The predicted octanol–water partition coefficient (Wildman–Crippen LogP) is 2.35. The van der Waals surface area contributed by atoms with Crippen LogP contribution in [0.25, 0.3) is 0 Å². The Bertz CT molecular complexity index is 372. The smallest absolute Gasteiger partial charge is 0.0670 e. The fraction of sp³-hybridized carbons (Fsp3) is 0.800.